The highest BCUT2D eigenvalue weighted by atomic mass is 35.5. The highest BCUT2D eigenvalue weighted by molar-refractivity contribution is 6.33. The minimum Gasteiger partial charge on any atom is -0.733 e. The van der Waals surface area contributed by atoms with Gasteiger partial charge in [-0.3, -0.25) is 20.2 Å². The van der Waals surface area contributed by atoms with Crippen molar-refractivity contribution in [1.82, 2.24) is 15.8 Å². The molecule has 3 rings (SSSR count). The Kier molecular flexibility index (Phi) is 9.13. The molecule has 3 N–H and O–H groups in total. The van der Waals surface area contributed by atoms with Crippen LogP contribution in [0.25, 0.3) is 0 Å². The number of hydrogen-bond donors (Lipinski definition) is 3. The lowest BCUT2D eigenvalue weighted by molar-refractivity contribution is -0.129. The van der Waals surface area contributed by atoms with Gasteiger partial charge in [-0.15, -0.1) is 0 Å². The number of carbonyl (C=O) groups excluding carboxylic acids is 2. The van der Waals surface area contributed by atoms with Crippen LogP contribution in [-0.2, 0) is 9.59 Å². The smallest absolute Gasteiger partial charge is 0.272 e. The van der Waals surface area contributed by atoms with E-state index in [0.29, 0.717) is 25.9 Å². The van der Waals surface area contributed by atoms with Crippen LogP contribution in [0.1, 0.15) is 12.8 Å². The molecule has 34 heavy (non-hydrogen) atoms. The number of nitrogens with one attached hydrogen (secondary N) is 2. The Labute approximate surface area is 204 Å². The molecule has 1 aliphatic heterocycles. The van der Waals surface area contributed by atoms with Gasteiger partial charge in [0.05, 0.1) is 15.7 Å². The molecule has 0 saturated carbocycles. The molecule has 1 saturated heterocycles. The molecule has 0 aromatic heterocycles. The fraction of sp³-hybridized carbons (Fsp3) is 0.333. The largest absolute Gasteiger partial charge is 0.733 e. The second-order valence-corrected chi connectivity index (χ2v) is 8.22. The molecule has 2 aromatic rings. The summed E-state index contributed by atoms with van der Waals surface area (Å²) in [6.07, 6.45) is 1.19. The number of piperidine rings is 1. The maximum atomic E-state index is 13.4. The molecule has 184 valence electrons. The van der Waals surface area contributed by atoms with Gasteiger partial charge in [0.2, 0.25) is 0 Å². The van der Waals surface area contributed by atoms with Crippen molar-refractivity contribution >= 4 is 40.7 Å². The molecule has 1 aliphatic rings. The summed E-state index contributed by atoms with van der Waals surface area (Å²) >= 11 is 11.4. The van der Waals surface area contributed by atoms with Gasteiger partial charge in [0.25, 0.3) is 11.8 Å². The van der Waals surface area contributed by atoms with Crippen molar-refractivity contribution in [1.29, 1.82) is 0 Å². The van der Waals surface area contributed by atoms with E-state index in [2.05, 4.69) is 10.7 Å². The number of rotatable bonds is 9. The number of nitrogens with zero attached hydrogens (tertiary/aromatic N) is 2. The first-order valence-electron chi connectivity index (χ1n) is 10.2. The maximum absolute atomic E-state index is 13.4. The summed E-state index contributed by atoms with van der Waals surface area (Å²) < 4.78 is 24.0. The minimum atomic E-state index is -0.628. The van der Waals surface area contributed by atoms with Gasteiger partial charge in [-0.25, -0.2) is 9.40 Å². The van der Waals surface area contributed by atoms with Crippen LogP contribution in [0.5, 0.6) is 11.5 Å². The van der Waals surface area contributed by atoms with Gasteiger partial charge in [0.15, 0.2) is 13.2 Å². The molecule has 1 fully saturated rings. The third kappa shape index (κ3) is 7.61. The first-order valence-corrected chi connectivity index (χ1v) is 11.0. The SMILES string of the molecule is O=C(COc1ccc(Cl)c(F)c1)NC1CCN(NC(=O)COc2ccc(Cl)c(N([O-])O)c2)CC1. The van der Waals surface area contributed by atoms with E-state index in [1.54, 1.807) is 5.01 Å². The topological polar surface area (TPSA) is 126 Å². The fourth-order valence-corrected chi connectivity index (χ4v) is 3.51. The lowest BCUT2D eigenvalue weighted by Crippen LogP contribution is -2.52. The first-order chi connectivity index (χ1) is 16.2. The van der Waals surface area contributed by atoms with E-state index in [1.807, 2.05) is 0 Å². The van der Waals surface area contributed by atoms with Gasteiger partial charge in [0, 0.05) is 31.3 Å². The highest BCUT2D eigenvalue weighted by Gasteiger charge is 2.22. The third-order valence-electron chi connectivity index (χ3n) is 4.90. The van der Waals surface area contributed by atoms with E-state index >= 15 is 0 Å². The van der Waals surface area contributed by atoms with Crippen LogP contribution in [0.15, 0.2) is 36.4 Å². The van der Waals surface area contributed by atoms with E-state index in [4.69, 9.17) is 37.9 Å². The van der Waals surface area contributed by atoms with E-state index in [9.17, 15) is 19.2 Å². The van der Waals surface area contributed by atoms with Crippen molar-refractivity contribution in [2.75, 3.05) is 31.5 Å². The quantitative estimate of drug-likeness (QED) is 0.435. The van der Waals surface area contributed by atoms with Crippen LogP contribution in [0.3, 0.4) is 0 Å². The molecule has 0 spiro atoms. The zero-order valence-electron chi connectivity index (χ0n) is 17.8. The van der Waals surface area contributed by atoms with Crippen molar-refractivity contribution in [3.8, 4) is 11.5 Å². The minimum absolute atomic E-state index is 0.0291. The number of anilines is 1. The van der Waals surface area contributed by atoms with Gasteiger partial charge in [-0.05, 0) is 37.1 Å². The van der Waals surface area contributed by atoms with Crippen molar-refractivity contribution in [2.45, 2.75) is 18.9 Å². The normalized spacial score (nSPS) is 14.4. The van der Waals surface area contributed by atoms with Gasteiger partial charge >= 0.3 is 0 Å². The summed E-state index contributed by atoms with van der Waals surface area (Å²) in [5, 5.41) is 24.2. The molecule has 1 heterocycles. The number of hydrazine groups is 1. The van der Waals surface area contributed by atoms with Gasteiger partial charge < -0.3 is 25.2 Å². The molecule has 0 radical (unpaired) electrons. The van der Waals surface area contributed by atoms with Crippen LogP contribution in [-0.4, -0.2) is 54.4 Å². The number of halogens is 3. The molecule has 2 aromatic carbocycles. The van der Waals surface area contributed by atoms with Crippen LogP contribution < -0.4 is 25.4 Å². The predicted molar refractivity (Wildman–Crippen MR) is 122 cm³/mol. The van der Waals surface area contributed by atoms with Gasteiger partial charge in [-0.1, -0.05) is 23.2 Å². The number of amides is 2. The standard InChI is InChI=1S/C21H22Cl2FN4O6/c22-16-3-1-14(9-18(16)24)33-11-20(29)25-13-5-7-27(8-6-13)26-21(30)12-34-15-2-4-17(23)19(10-15)28(31)32/h1-4,9-10,13,31H,5-8,11-12H2,(H,25,29)(H,26,30)/q-1. The van der Waals surface area contributed by atoms with E-state index in [1.165, 1.54) is 30.3 Å². The summed E-state index contributed by atoms with van der Waals surface area (Å²) in [5.41, 5.74) is 2.51. The maximum Gasteiger partial charge on any atom is 0.272 e. The summed E-state index contributed by atoms with van der Waals surface area (Å²) in [4.78, 5) is 24.2. The monoisotopic (exact) mass is 515 g/mol. The molecule has 10 nitrogen and oxygen atoms in total. The van der Waals surface area contributed by atoms with E-state index < -0.39 is 11.7 Å². The van der Waals surface area contributed by atoms with Crippen molar-refractivity contribution in [3.63, 3.8) is 0 Å². The van der Waals surface area contributed by atoms with Crippen LogP contribution in [0, 0.1) is 11.0 Å². The second kappa shape index (κ2) is 12.0. The molecular formula is C21H22Cl2FN4O6-. The van der Waals surface area contributed by atoms with Gasteiger partial charge in [0.1, 0.15) is 17.3 Å². The van der Waals surface area contributed by atoms with Crippen molar-refractivity contribution < 1.29 is 28.7 Å². The lowest BCUT2D eigenvalue weighted by Gasteiger charge is -2.32. The predicted octanol–water partition coefficient (Wildman–Crippen LogP) is 2.90. The van der Waals surface area contributed by atoms with Crippen LogP contribution >= 0.6 is 23.2 Å². The number of carbonyl (C=O) groups is 2. The fourth-order valence-electron chi connectivity index (χ4n) is 3.21. The molecule has 0 atom stereocenters. The lowest BCUT2D eigenvalue weighted by atomic mass is 10.1. The summed E-state index contributed by atoms with van der Waals surface area (Å²) in [5.74, 6) is -0.988. The van der Waals surface area contributed by atoms with Crippen LogP contribution in [0.4, 0.5) is 10.1 Å². The second-order valence-electron chi connectivity index (χ2n) is 7.40. The zero-order chi connectivity index (χ0) is 24.7. The van der Waals surface area contributed by atoms with Crippen molar-refractivity contribution in [2.24, 2.45) is 0 Å². The Hall–Kier alpha value is -2.83. The zero-order valence-corrected chi connectivity index (χ0v) is 19.3. The molecule has 13 heteroatoms. The highest BCUT2D eigenvalue weighted by Crippen LogP contribution is 2.28. The average Bonchev–Trinajstić information content (AvgIpc) is 2.80. The van der Waals surface area contributed by atoms with E-state index in [0.717, 1.165) is 6.07 Å². The Morgan fingerprint density at radius 1 is 1.06 bits per heavy atom. The summed E-state index contributed by atoms with van der Waals surface area (Å²) in [6, 6.07) is 7.87. The Balaban J connectivity index is 1.35. The summed E-state index contributed by atoms with van der Waals surface area (Å²) in [7, 11) is 0. The molecule has 0 unspecified atom stereocenters. The first kappa shape index (κ1) is 25.8. The van der Waals surface area contributed by atoms with Crippen LogP contribution in [0.2, 0.25) is 10.0 Å². The molecular weight excluding hydrogens is 494 g/mol. The summed E-state index contributed by atoms with van der Waals surface area (Å²) in [6.45, 7) is 0.425. The molecule has 0 bridgehead atoms. The number of benzene rings is 2. The third-order valence-corrected chi connectivity index (χ3v) is 5.52. The Morgan fingerprint density at radius 3 is 2.26 bits per heavy atom. The molecule has 0 aliphatic carbocycles. The number of hydrogen-bond acceptors (Lipinski definition) is 8. The molecule has 2 amide bonds. The Morgan fingerprint density at radius 2 is 1.65 bits per heavy atom. The Bertz CT molecular complexity index is 1020. The van der Waals surface area contributed by atoms with Gasteiger partial charge in [-0.2, -0.15) is 0 Å². The number of ether oxygens (including phenoxy) is 2. The average molecular weight is 516 g/mol. The van der Waals surface area contributed by atoms with Crippen molar-refractivity contribution in [3.05, 3.63) is 57.5 Å². The van der Waals surface area contributed by atoms with E-state index in [-0.39, 0.29) is 57.6 Å².